The summed E-state index contributed by atoms with van der Waals surface area (Å²) in [5, 5.41) is 0. The van der Waals surface area contributed by atoms with E-state index in [-0.39, 0.29) is 18.4 Å². The SMILES string of the molecule is C=C[C@@H]1C(=O)N([C@@H](C)COC(C)=O)C(=O)C12CC2. The largest absolute Gasteiger partial charge is 0.464 e. The molecule has 2 amide bonds. The van der Waals surface area contributed by atoms with Crippen LogP contribution in [0.3, 0.4) is 0 Å². The molecule has 5 nitrogen and oxygen atoms in total. The first-order chi connectivity index (χ1) is 8.44. The smallest absolute Gasteiger partial charge is 0.302 e. The van der Waals surface area contributed by atoms with E-state index in [4.69, 9.17) is 4.74 Å². The van der Waals surface area contributed by atoms with Gasteiger partial charge in [-0.3, -0.25) is 19.3 Å². The average molecular weight is 251 g/mol. The molecule has 1 aliphatic heterocycles. The minimum absolute atomic E-state index is 0.0484. The Hall–Kier alpha value is -1.65. The van der Waals surface area contributed by atoms with Crippen molar-refractivity contribution in [3.05, 3.63) is 12.7 Å². The first-order valence-electron chi connectivity index (χ1n) is 6.07. The first-order valence-corrected chi connectivity index (χ1v) is 6.07. The molecule has 0 bridgehead atoms. The van der Waals surface area contributed by atoms with Gasteiger partial charge in [-0.2, -0.15) is 0 Å². The van der Waals surface area contributed by atoms with Crippen molar-refractivity contribution in [2.24, 2.45) is 11.3 Å². The molecule has 2 rings (SSSR count). The molecule has 2 fully saturated rings. The van der Waals surface area contributed by atoms with E-state index >= 15 is 0 Å². The number of rotatable bonds is 4. The topological polar surface area (TPSA) is 63.7 Å². The Morgan fingerprint density at radius 2 is 2.22 bits per heavy atom. The number of likely N-dealkylation sites (tertiary alicyclic amines) is 1. The molecule has 2 atom stereocenters. The Kier molecular flexibility index (Phi) is 3.00. The highest BCUT2D eigenvalue weighted by atomic mass is 16.5. The van der Waals surface area contributed by atoms with Gasteiger partial charge in [0.05, 0.1) is 17.4 Å². The van der Waals surface area contributed by atoms with Crippen LogP contribution in [0.25, 0.3) is 0 Å². The van der Waals surface area contributed by atoms with E-state index in [1.165, 1.54) is 11.8 Å². The van der Waals surface area contributed by atoms with Gasteiger partial charge in [-0.05, 0) is 19.8 Å². The van der Waals surface area contributed by atoms with Gasteiger partial charge in [0.1, 0.15) is 6.61 Å². The maximum Gasteiger partial charge on any atom is 0.302 e. The van der Waals surface area contributed by atoms with Crippen LogP contribution in [-0.2, 0) is 19.1 Å². The number of amides is 2. The van der Waals surface area contributed by atoms with Gasteiger partial charge in [0.25, 0.3) is 0 Å². The predicted molar refractivity (Wildman–Crippen MR) is 63.3 cm³/mol. The summed E-state index contributed by atoms with van der Waals surface area (Å²) < 4.78 is 4.86. The summed E-state index contributed by atoms with van der Waals surface area (Å²) in [5.74, 6) is -1.18. The van der Waals surface area contributed by atoms with Gasteiger partial charge in [0.2, 0.25) is 11.8 Å². The lowest BCUT2D eigenvalue weighted by molar-refractivity contribution is -0.150. The summed E-state index contributed by atoms with van der Waals surface area (Å²) in [6.45, 7) is 6.70. The normalized spacial score (nSPS) is 26.3. The molecule has 0 aromatic carbocycles. The molecule has 2 aliphatic rings. The number of carbonyl (C=O) groups is 3. The minimum Gasteiger partial charge on any atom is -0.464 e. The number of hydrogen-bond acceptors (Lipinski definition) is 4. The summed E-state index contributed by atoms with van der Waals surface area (Å²) in [6, 6.07) is -0.420. The number of carbonyl (C=O) groups excluding carboxylic acids is 3. The van der Waals surface area contributed by atoms with E-state index in [0.29, 0.717) is 0 Å². The molecular weight excluding hydrogens is 234 g/mol. The summed E-state index contributed by atoms with van der Waals surface area (Å²) in [4.78, 5) is 36.5. The highest BCUT2D eigenvalue weighted by Gasteiger charge is 2.65. The third-order valence-corrected chi connectivity index (χ3v) is 3.74. The van der Waals surface area contributed by atoms with Crippen molar-refractivity contribution in [3.63, 3.8) is 0 Å². The monoisotopic (exact) mass is 251 g/mol. The van der Waals surface area contributed by atoms with Crippen molar-refractivity contribution < 1.29 is 19.1 Å². The van der Waals surface area contributed by atoms with Crippen LogP contribution in [0, 0.1) is 11.3 Å². The average Bonchev–Trinajstić information content (AvgIpc) is 3.05. The van der Waals surface area contributed by atoms with Gasteiger partial charge in [-0.15, -0.1) is 6.58 Å². The Morgan fingerprint density at radius 1 is 1.61 bits per heavy atom. The molecular formula is C13H17NO4. The lowest BCUT2D eigenvalue weighted by atomic mass is 9.92. The van der Waals surface area contributed by atoms with E-state index in [0.717, 1.165) is 12.8 Å². The van der Waals surface area contributed by atoms with Crippen molar-refractivity contribution in [1.29, 1.82) is 0 Å². The molecule has 1 heterocycles. The molecule has 1 saturated carbocycles. The van der Waals surface area contributed by atoms with Gasteiger partial charge in [0, 0.05) is 6.92 Å². The van der Waals surface area contributed by atoms with E-state index in [9.17, 15) is 14.4 Å². The van der Waals surface area contributed by atoms with Crippen molar-refractivity contribution in [1.82, 2.24) is 4.90 Å². The summed E-state index contributed by atoms with van der Waals surface area (Å²) >= 11 is 0. The van der Waals surface area contributed by atoms with Gasteiger partial charge in [-0.1, -0.05) is 6.08 Å². The van der Waals surface area contributed by atoms with E-state index in [2.05, 4.69) is 6.58 Å². The number of imide groups is 1. The number of esters is 1. The molecule has 1 saturated heterocycles. The zero-order valence-electron chi connectivity index (χ0n) is 10.6. The van der Waals surface area contributed by atoms with E-state index < -0.39 is 23.3 Å². The predicted octanol–water partition coefficient (Wildman–Crippen LogP) is 0.889. The van der Waals surface area contributed by atoms with Crippen LogP contribution >= 0.6 is 0 Å². The maximum absolute atomic E-state index is 12.3. The second-order valence-electron chi connectivity index (χ2n) is 5.03. The third kappa shape index (κ3) is 1.74. The molecule has 0 unspecified atom stereocenters. The van der Waals surface area contributed by atoms with Crippen LogP contribution in [0.15, 0.2) is 12.7 Å². The fourth-order valence-corrected chi connectivity index (χ4v) is 2.58. The fourth-order valence-electron chi connectivity index (χ4n) is 2.58. The van der Waals surface area contributed by atoms with Crippen LogP contribution in [-0.4, -0.2) is 35.3 Å². The Bertz CT molecular complexity index is 425. The molecule has 0 aromatic rings. The molecule has 18 heavy (non-hydrogen) atoms. The van der Waals surface area contributed by atoms with Crippen LogP contribution < -0.4 is 0 Å². The van der Waals surface area contributed by atoms with Crippen molar-refractivity contribution in [2.75, 3.05) is 6.61 Å². The van der Waals surface area contributed by atoms with Gasteiger partial charge in [-0.25, -0.2) is 0 Å². The molecule has 5 heteroatoms. The van der Waals surface area contributed by atoms with Crippen LogP contribution in [0.5, 0.6) is 0 Å². The highest BCUT2D eigenvalue weighted by molar-refractivity contribution is 6.10. The minimum atomic E-state index is -0.538. The first kappa shape index (κ1) is 12.8. The number of ether oxygens (including phenoxy) is 1. The second-order valence-corrected chi connectivity index (χ2v) is 5.03. The summed E-state index contributed by atoms with van der Waals surface area (Å²) in [7, 11) is 0. The van der Waals surface area contributed by atoms with E-state index in [1.807, 2.05) is 0 Å². The molecule has 0 N–H and O–H groups in total. The molecule has 98 valence electrons. The zero-order chi connectivity index (χ0) is 13.5. The van der Waals surface area contributed by atoms with Crippen LogP contribution in [0.1, 0.15) is 26.7 Å². The standard InChI is InChI=1S/C13H17NO4/c1-4-10-11(16)14(8(2)7-18-9(3)15)12(17)13(10)5-6-13/h4,8,10H,1,5-7H2,2-3H3/t8-,10+/m0/s1. The summed E-state index contributed by atoms with van der Waals surface area (Å²) in [5.41, 5.74) is -0.538. The van der Waals surface area contributed by atoms with Gasteiger partial charge in [0.15, 0.2) is 0 Å². The van der Waals surface area contributed by atoms with Crippen molar-refractivity contribution in [3.8, 4) is 0 Å². The lowest BCUT2D eigenvalue weighted by Gasteiger charge is -2.22. The fraction of sp³-hybridized carbons (Fsp3) is 0.615. The Labute approximate surface area is 106 Å². The van der Waals surface area contributed by atoms with Crippen LogP contribution in [0.4, 0.5) is 0 Å². The third-order valence-electron chi connectivity index (χ3n) is 3.74. The van der Waals surface area contributed by atoms with Crippen molar-refractivity contribution >= 4 is 17.8 Å². The molecule has 1 aliphatic carbocycles. The highest BCUT2D eigenvalue weighted by Crippen LogP contribution is 2.58. The maximum atomic E-state index is 12.3. The van der Waals surface area contributed by atoms with Gasteiger partial charge < -0.3 is 4.74 Å². The number of hydrogen-bond donors (Lipinski definition) is 0. The molecule has 0 aromatic heterocycles. The second kappa shape index (κ2) is 4.23. The van der Waals surface area contributed by atoms with Gasteiger partial charge >= 0.3 is 5.97 Å². The molecule has 1 spiro atoms. The quantitative estimate of drug-likeness (QED) is 0.423. The van der Waals surface area contributed by atoms with E-state index in [1.54, 1.807) is 13.0 Å². The Balaban J connectivity index is 2.14. The zero-order valence-corrected chi connectivity index (χ0v) is 10.6. The summed E-state index contributed by atoms with van der Waals surface area (Å²) in [6.07, 6.45) is 3.04. The Morgan fingerprint density at radius 3 is 2.61 bits per heavy atom. The van der Waals surface area contributed by atoms with Crippen molar-refractivity contribution in [2.45, 2.75) is 32.7 Å². The van der Waals surface area contributed by atoms with Crippen LogP contribution in [0.2, 0.25) is 0 Å². The number of nitrogens with zero attached hydrogens (tertiary/aromatic N) is 1. The molecule has 0 radical (unpaired) electrons. The lowest BCUT2D eigenvalue weighted by Crippen LogP contribution is -2.42.